The van der Waals surface area contributed by atoms with Crippen LogP contribution in [-0.4, -0.2) is 37.4 Å². The van der Waals surface area contributed by atoms with E-state index in [1.54, 1.807) is 4.57 Å². The largest absolute Gasteiger partial charge is 0.400 e. The molecule has 2 aromatic rings. The summed E-state index contributed by atoms with van der Waals surface area (Å²) < 4.78 is 53.5. The molecule has 0 aliphatic carbocycles. The van der Waals surface area contributed by atoms with Gasteiger partial charge in [-0.25, -0.2) is 15.0 Å². The maximum atomic E-state index is 14.6. The first-order valence-corrected chi connectivity index (χ1v) is 10.1. The third-order valence-electron chi connectivity index (χ3n) is 3.33. The molecule has 26 heavy (non-hydrogen) atoms. The molecule has 0 radical (unpaired) electrons. The maximum Gasteiger partial charge on any atom is 0.400 e. The molecule has 146 valence electrons. The van der Waals surface area contributed by atoms with Crippen molar-refractivity contribution >= 4 is 30.4 Å². The number of hydrogen-bond donors (Lipinski definition) is 0. The van der Waals surface area contributed by atoms with Crippen molar-refractivity contribution in [2.24, 2.45) is 0 Å². The van der Waals surface area contributed by atoms with Crippen LogP contribution in [-0.2, 0) is 20.2 Å². The minimum absolute atomic E-state index is 0.0208. The third-order valence-corrected chi connectivity index (χ3v) is 6.03. The Kier molecular flexibility index (Phi) is 6.71. The van der Waals surface area contributed by atoms with Crippen molar-refractivity contribution in [1.82, 2.24) is 19.5 Å². The predicted octanol–water partition coefficient (Wildman–Crippen LogP) is 4.90. The van der Waals surface area contributed by atoms with Crippen molar-refractivity contribution in [2.75, 3.05) is 0 Å². The molecule has 11 heteroatoms. The molecule has 0 spiro atoms. The fraction of sp³-hybridized carbons (Fsp3) is 0.667. The van der Waals surface area contributed by atoms with Gasteiger partial charge in [0.2, 0.25) is 0 Å². The second-order valence-electron chi connectivity index (χ2n) is 6.35. The number of rotatable bonds is 9. The average molecular weight is 411 g/mol. The van der Waals surface area contributed by atoms with E-state index in [2.05, 4.69) is 15.0 Å². The topological polar surface area (TPSA) is 79.1 Å². The van der Waals surface area contributed by atoms with Crippen LogP contribution in [0.25, 0.3) is 11.2 Å². The zero-order valence-electron chi connectivity index (χ0n) is 15.0. The van der Waals surface area contributed by atoms with E-state index >= 15 is 0 Å². The lowest BCUT2D eigenvalue weighted by Crippen LogP contribution is -2.24. The smallest absolute Gasteiger partial charge is 0.315 e. The van der Waals surface area contributed by atoms with E-state index in [0.717, 1.165) is 0 Å². The van der Waals surface area contributed by atoms with Crippen LogP contribution in [0.4, 0.5) is 8.78 Å². The van der Waals surface area contributed by atoms with Gasteiger partial charge < -0.3 is 13.6 Å². The highest BCUT2D eigenvalue weighted by molar-refractivity contribution is 7.55. The molecule has 0 aliphatic rings. The Morgan fingerprint density at radius 1 is 1.19 bits per heavy atom. The molecule has 0 aliphatic heterocycles. The van der Waals surface area contributed by atoms with E-state index in [4.69, 9.17) is 20.6 Å². The van der Waals surface area contributed by atoms with Crippen LogP contribution < -0.4 is 0 Å². The number of hydrogen-bond acceptors (Lipinski definition) is 6. The second kappa shape index (κ2) is 8.25. The second-order valence-corrected chi connectivity index (χ2v) is 8.78. The first-order valence-electron chi connectivity index (χ1n) is 8.22. The standard InChI is InChI=1S/C15H22ClF2N4O3P/c1-10(2)24-26(23,25-11(3)4)15(17,18)6-5-7-22-9-21-12-13(16)19-8-20-14(12)22/h8-11H,5-7H2,1-4H3. The van der Waals surface area contributed by atoms with E-state index in [9.17, 15) is 13.3 Å². The summed E-state index contributed by atoms with van der Waals surface area (Å²) in [6.07, 6.45) is 0.787. The molecule has 0 atom stereocenters. The average Bonchev–Trinajstić information content (AvgIpc) is 2.90. The molecule has 0 N–H and O–H groups in total. The molecular formula is C15H22ClF2N4O3P. The van der Waals surface area contributed by atoms with Crippen LogP contribution >= 0.6 is 19.2 Å². The normalized spacial score (nSPS) is 13.3. The van der Waals surface area contributed by atoms with Gasteiger partial charge in [-0.1, -0.05) is 11.6 Å². The van der Waals surface area contributed by atoms with Gasteiger partial charge in [-0.2, -0.15) is 8.78 Å². The van der Waals surface area contributed by atoms with Crippen LogP contribution in [0.5, 0.6) is 0 Å². The summed E-state index contributed by atoms with van der Waals surface area (Å²) in [7, 11) is -4.60. The Morgan fingerprint density at radius 3 is 2.38 bits per heavy atom. The Hall–Kier alpha value is -1.15. The van der Waals surface area contributed by atoms with E-state index in [0.29, 0.717) is 11.2 Å². The fourth-order valence-electron chi connectivity index (χ4n) is 2.35. The van der Waals surface area contributed by atoms with E-state index in [1.165, 1.54) is 40.3 Å². The highest BCUT2D eigenvalue weighted by Crippen LogP contribution is 2.65. The van der Waals surface area contributed by atoms with E-state index in [1.807, 2.05) is 0 Å². The molecule has 0 aromatic carbocycles. The number of alkyl halides is 2. The number of nitrogens with zero attached hydrogens (tertiary/aromatic N) is 4. The lowest BCUT2D eigenvalue weighted by Gasteiger charge is -2.29. The van der Waals surface area contributed by atoms with Gasteiger partial charge in [-0.15, -0.1) is 0 Å². The van der Waals surface area contributed by atoms with Crippen molar-refractivity contribution in [3.05, 3.63) is 17.8 Å². The summed E-state index contributed by atoms with van der Waals surface area (Å²) >= 11 is 5.92. The first kappa shape index (κ1) is 21.2. The van der Waals surface area contributed by atoms with Gasteiger partial charge in [0, 0.05) is 13.0 Å². The molecule has 0 amide bonds. The van der Waals surface area contributed by atoms with Crippen molar-refractivity contribution in [2.45, 2.75) is 65.0 Å². The van der Waals surface area contributed by atoms with Crippen LogP contribution in [0.3, 0.4) is 0 Å². The zero-order valence-corrected chi connectivity index (χ0v) is 16.7. The Bertz CT molecular complexity index is 786. The Balaban J connectivity index is 2.10. The van der Waals surface area contributed by atoms with E-state index < -0.39 is 31.9 Å². The summed E-state index contributed by atoms with van der Waals surface area (Å²) in [5, 5.41) is 0.194. The monoisotopic (exact) mass is 410 g/mol. The van der Waals surface area contributed by atoms with Crippen LogP contribution in [0, 0.1) is 0 Å². The van der Waals surface area contributed by atoms with E-state index in [-0.39, 0.29) is 18.1 Å². The van der Waals surface area contributed by atoms with Gasteiger partial charge in [-0.3, -0.25) is 4.57 Å². The molecule has 2 aromatic heterocycles. The number of imidazole rings is 1. The van der Waals surface area contributed by atoms with Crippen molar-refractivity contribution in [1.29, 1.82) is 0 Å². The van der Waals surface area contributed by atoms with Gasteiger partial charge in [0.1, 0.15) is 11.8 Å². The zero-order chi connectivity index (χ0) is 19.5. The summed E-state index contributed by atoms with van der Waals surface area (Å²) in [5.74, 6) is 0. The maximum absolute atomic E-state index is 14.6. The van der Waals surface area contributed by atoms with Crippen molar-refractivity contribution in [3.8, 4) is 0 Å². The number of fused-ring (bicyclic) bond motifs is 1. The fourth-order valence-corrected chi connectivity index (χ4v) is 4.43. The summed E-state index contributed by atoms with van der Waals surface area (Å²) in [4.78, 5) is 11.9. The number of aryl methyl sites for hydroxylation is 1. The van der Waals surface area contributed by atoms with Gasteiger partial charge in [-0.05, 0) is 34.1 Å². The molecule has 2 rings (SSSR count). The summed E-state index contributed by atoms with van der Waals surface area (Å²) in [5.41, 5.74) is -2.75. The lowest BCUT2D eigenvalue weighted by molar-refractivity contribution is 0.0120. The highest BCUT2D eigenvalue weighted by atomic mass is 35.5. The van der Waals surface area contributed by atoms with Crippen molar-refractivity contribution < 1.29 is 22.4 Å². The Labute approximate surface area is 155 Å². The summed E-state index contributed by atoms with van der Waals surface area (Å²) in [6.45, 7) is 6.34. The molecular weight excluding hydrogens is 389 g/mol. The van der Waals surface area contributed by atoms with Gasteiger partial charge in [0.25, 0.3) is 0 Å². The van der Waals surface area contributed by atoms with Crippen LogP contribution in [0.1, 0.15) is 40.5 Å². The van der Waals surface area contributed by atoms with Crippen molar-refractivity contribution in [3.63, 3.8) is 0 Å². The predicted molar refractivity (Wildman–Crippen MR) is 94.6 cm³/mol. The van der Waals surface area contributed by atoms with Gasteiger partial charge in [0.15, 0.2) is 10.8 Å². The minimum atomic E-state index is -4.60. The number of halogens is 3. The minimum Gasteiger partial charge on any atom is -0.315 e. The molecule has 2 heterocycles. The quantitative estimate of drug-likeness (QED) is 0.432. The van der Waals surface area contributed by atoms with Gasteiger partial charge >= 0.3 is 13.3 Å². The van der Waals surface area contributed by atoms with Gasteiger partial charge in [0.05, 0.1) is 18.5 Å². The molecule has 0 fully saturated rings. The molecule has 0 saturated heterocycles. The van der Waals surface area contributed by atoms with Crippen LogP contribution in [0.2, 0.25) is 5.15 Å². The highest BCUT2D eigenvalue weighted by Gasteiger charge is 2.53. The third kappa shape index (κ3) is 4.76. The SMILES string of the molecule is CC(C)OP(=O)(OC(C)C)C(F)(F)CCCn1cnc2c(Cl)ncnc21. The number of aromatic nitrogens is 4. The molecule has 7 nitrogen and oxygen atoms in total. The van der Waals surface area contributed by atoms with Crippen LogP contribution in [0.15, 0.2) is 12.7 Å². The Morgan fingerprint density at radius 2 is 1.81 bits per heavy atom. The summed E-state index contributed by atoms with van der Waals surface area (Å²) in [6, 6.07) is 0. The molecule has 0 bridgehead atoms. The first-order chi connectivity index (χ1) is 12.1. The molecule has 0 saturated carbocycles. The molecule has 0 unspecified atom stereocenters. The lowest BCUT2D eigenvalue weighted by atomic mass is 10.3.